The lowest BCUT2D eigenvalue weighted by Gasteiger charge is -2.41. The molecule has 0 saturated heterocycles. The molecule has 0 aliphatic carbocycles. The fraction of sp³-hybridized carbons (Fsp3) is 0.250. The summed E-state index contributed by atoms with van der Waals surface area (Å²) in [6.07, 6.45) is 0. The van der Waals surface area contributed by atoms with Gasteiger partial charge in [-0.1, -0.05) is 42.5 Å². The number of anilines is 1. The number of hydrogen-bond donors (Lipinski definition) is 1. The van der Waals surface area contributed by atoms with Crippen molar-refractivity contribution in [3.63, 3.8) is 0 Å². The second-order valence-corrected chi connectivity index (χ2v) is 8.31. The summed E-state index contributed by atoms with van der Waals surface area (Å²) >= 11 is 0. The maximum Gasteiger partial charge on any atom is 0.340 e. The van der Waals surface area contributed by atoms with Crippen LogP contribution in [0.5, 0.6) is 0 Å². The number of methoxy groups -OCH3 is 1. The molecule has 186 valence electrons. The number of hydrogen-bond acceptors (Lipinski definition) is 5. The molecule has 2 atom stereocenters. The zero-order valence-electron chi connectivity index (χ0n) is 20.1. The van der Waals surface area contributed by atoms with Gasteiger partial charge in [0, 0.05) is 19.2 Å². The molecule has 7 nitrogen and oxygen atoms in total. The number of nitrogens with one attached hydrogen (secondary N) is 1. The number of carbonyl (C=O) groups is 3. The Morgan fingerprint density at radius 3 is 2.42 bits per heavy atom. The number of esters is 1. The molecule has 2 amide bonds. The van der Waals surface area contributed by atoms with Gasteiger partial charge < -0.3 is 19.7 Å². The van der Waals surface area contributed by atoms with Gasteiger partial charge in [-0.2, -0.15) is 0 Å². The highest BCUT2D eigenvalue weighted by Gasteiger charge is 2.44. The zero-order chi connectivity index (χ0) is 25.7. The third-order valence-corrected chi connectivity index (χ3v) is 6.15. The van der Waals surface area contributed by atoms with E-state index in [-0.39, 0.29) is 31.2 Å². The number of carbonyl (C=O) groups excluding carboxylic acids is 3. The van der Waals surface area contributed by atoms with Gasteiger partial charge in [0.25, 0.3) is 5.91 Å². The summed E-state index contributed by atoms with van der Waals surface area (Å²) in [5, 5.41) is 2.88. The van der Waals surface area contributed by atoms with E-state index in [2.05, 4.69) is 5.32 Å². The lowest BCUT2D eigenvalue weighted by atomic mass is 9.79. The fourth-order valence-electron chi connectivity index (χ4n) is 4.53. The molecule has 3 aromatic rings. The van der Waals surface area contributed by atoms with Crippen LogP contribution in [-0.4, -0.2) is 49.6 Å². The first-order valence-electron chi connectivity index (χ1n) is 11.7. The molecule has 3 aromatic carbocycles. The maximum atomic E-state index is 13.9. The number of rotatable bonds is 8. The van der Waals surface area contributed by atoms with Gasteiger partial charge in [-0.15, -0.1) is 0 Å². The van der Waals surface area contributed by atoms with E-state index in [1.165, 1.54) is 19.2 Å². The Kier molecular flexibility index (Phi) is 7.75. The molecule has 1 N–H and O–H groups in total. The van der Waals surface area contributed by atoms with Crippen molar-refractivity contribution in [2.45, 2.75) is 18.9 Å². The average Bonchev–Trinajstić information content (AvgIpc) is 2.89. The normalized spacial score (nSPS) is 16.9. The SMILES string of the molecule is CCOC(=O)c1ccccc1NC(=O)[C@H]1c2ccccc2C(=O)N(CCOC)[C@H]1c1ccc(F)cc1. The van der Waals surface area contributed by atoms with Crippen LogP contribution in [0.15, 0.2) is 72.8 Å². The van der Waals surface area contributed by atoms with Crippen LogP contribution in [0.1, 0.15) is 50.7 Å². The molecule has 0 aromatic heterocycles. The summed E-state index contributed by atoms with van der Waals surface area (Å²) in [6.45, 7) is 2.39. The van der Waals surface area contributed by atoms with Crippen LogP contribution < -0.4 is 5.32 Å². The number of ether oxygens (including phenoxy) is 2. The molecule has 0 radical (unpaired) electrons. The topological polar surface area (TPSA) is 84.9 Å². The molecule has 0 spiro atoms. The standard InChI is InChI=1S/C28H27FN2O5/c1-3-36-28(34)22-10-6-7-11-23(22)30-26(32)24-20-8-4-5-9-21(20)27(33)31(16-17-35-2)25(24)18-12-14-19(29)15-13-18/h4-15,24-25H,3,16-17H2,1-2H3,(H,30,32)/t24-,25-/m0/s1. The minimum Gasteiger partial charge on any atom is -0.462 e. The second kappa shape index (κ2) is 11.1. The third kappa shape index (κ3) is 4.99. The monoisotopic (exact) mass is 490 g/mol. The first kappa shape index (κ1) is 25.1. The molecule has 0 bridgehead atoms. The number of nitrogens with zero attached hydrogens (tertiary/aromatic N) is 1. The van der Waals surface area contributed by atoms with Crippen LogP contribution in [0.2, 0.25) is 0 Å². The summed E-state index contributed by atoms with van der Waals surface area (Å²) in [6, 6.07) is 18.6. The van der Waals surface area contributed by atoms with Gasteiger partial charge in [0.15, 0.2) is 0 Å². The van der Waals surface area contributed by atoms with Crippen LogP contribution in [0.4, 0.5) is 10.1 Å². The van der Waals surface area contributed by atoms with E-state index < -0.39 is 29.7 Å². The number of fused-ring (bicyclic) bond motifs is 1. The molecule has 1 aliphatic rings. The van der Waals surface area contributed by atoms with Gasteiger partial charge in [0.2, 0.25) is 5.91 Å². The predicted octanol–water partition coefficient (Wildman–Crippen LogP) is 4.57. The Morgan fingerprint density at radius 1 is 1.00 bits per heavy atom. The summed E-state index contributed by atoms with van der Waals surface area (Å²) in [5.41, 5.74) is 2.09. The van der Waals surface area contributed by atoms with Crippen molar-refractivity contribution in [3.05, 3.63) is 101 Å². The molecule has 1 aliphatic heterocycles. The van der Waals surface area contributed by atoms with Crippen LogP contribution >= 0.6 is 0 Å². The average molecular weight is 491 g/mol. The Labute approximate surface area is 208 Å². The summed E-state index contributed by atoms with van der Waals surface area (Å²) in [5.74, 6) is -2.47. The van der Waals surface area contributed by atoms with Gasteiger partial charge >= 0.3 is 5.97 Å². The van der Waals surface area contributed by atoms with Crippen molar-refractivity contribution in [2.75, 3.05) is 32.2 Å². The minimum absolute atomic E-state index is 0.195. The summed E-state index contributed by atoms with van der Waals surface area (Å²) in [4.78, 5) is 41.5. The highest BCUT2D eigenvalue weighted by Crippen LogP contribution is 2.43. The first-order valence-corrected chi connectivity index (χ1v) is 11.7. The highest BCUT2D eigenvalue weighted by atomic mass is 19.1. The molecular weight excluding hydrogens is 463 g/mol. The molecule has 8 heteroatoms. The van der Waals surface area contributed by atoms with Gasteiger partial charge in [0.1, 0.15) is 5.82 Å². The van der Waals surface area contributed by atoms with E-state index >= 15 is 0 Å². The molecular formula is C28H27FN2O5. The van der Waals surface area contributed by atoms with Crippen molar-refractivity contribution in [3.8, 4) is 0 Å². The van der Waals surface area contributed by atoms with Crippen molar-refractivity contribution < 1.29 is 28.2 Å². The molecule has 36 heavy (non-hydrogen) atoms. The van der Waals surface area contributed by atoms with E-state index in [0.717, 1.165) is 0 Å². The van der Waals surface area contributed by atoms with Crippen molar-refractivity contribution >= 4 is 23.5 Å². The molecule has 1 heterocycles. The van der Waals surface area contributed by atoms with Crippen LogP contribution in [0, 0.1) is 5.82 Å². The van der Waals surface area contributed by atoms with Gasteiger partial charge in [0.05, 0.1) is 36.4 Å². The Bertz CT molecular complexity index is 1260. The maximum absolute atomic E-state index is 13.9. The highest BCUT2D eigenvalue weighted by molar-refractivity contribution is 6.07. The van der Waals surface area contributed by atoms with Crippen molar-refractivity contribution in [2.24, 2.45) is 0 Å². The molecule has 0 unspecified atom stereocenters. The van der Waals surface area contributed by atoms with Crippen LogP contribution in [-0.2, 0) is 14.3 Å². The molecule has 0 fully saturated rings. The Balaban J connectivity index is 1.81. The van der Waals surface area contributed by atoms with E-state index in [0.29, 0.717) is 22.4 Å². The molecule has 4 rings (SSSR count). The first-order chi connectivity index (χ1) is 17.5. The smallest absolute Gasteiger partial charge is 0.340 e. The van der Waals surface area contributed by atoms with Crippen molar-refractivity contribution in [1.82, 2.24) is 4.90 Å². The summed E-state index contributed by atoms with van der Waals surface area (Å²) < 4.78 is 24.1. The van der Waals surface area contributed by atoms with Crippen LogP contribution in [0.3, 0.4) is 0 Å². The Hall–Kier alpha value is -4.04. The second-order valence-electron chi connectivity index (χ2n) is 8.31. The lowest BCUT2D eigenvalue weighted by Crippen LogP contribution is -2.47. The Morgan fingerprint density at radius 2 is 1.69 bits per heavy atom. The van der Waals surface area contributed by atoms with Gasteiger partial charge in [-0.25, -0.2) is 9.18 Å². The van der Waals surface area contributed by atoms with Gasteiger partial charge in [-0.05, 0) is 48.4 Å². The van der Waals surface area contributed by atoms with E-state index in [9.17, 15) is 18.8 Å². The quantitative estimate of drug-likeness (QED) is 0.468. The van der Waals surface area contributed by atoms with Gasteiger partial charge in [-0.3, -0.25) is 9.59 Å². The van der Waals surface area contributed by atoms with Crippen molar-refractivity contribution in [1.29, 1.82) is 0 Å². The number of para-hydroxylation sites is 1. The predicted molar refractivity (Wildman–Crippen MR) is 132 cm³/mol. The zero-order valence-corrected chi connectivity index (χ0v) is 20.1. The minimum atomic E-state index is -0.837. The number of benzene rings is 3. The number of halogens is 1. The van der Waals surface area contributed by atoms with E-state index in [4.69, 9.17) is 9.47 Å². The number of amides is 2. The van der Waals surface area contributed by atoms with E-state index in [1.807, 2.05) is 0 Å². The third-order valence-electron chi connectivity index (χ3n) is 6.15. The van der Waals surface area contributed by atoms with Crippen LogP contribution in [0.25, 0.3) is 0 Å². The summed E-state index contributed by atoms with van der Waals surface area (Å²) in [7, 11) is 1.53. The fourth-order valence-corrected chi connectivity index (χ4v) is 4.53. The lowest BCUT2D eigenvalue weighted by molar-refractivity contribution is -0.119. The van der Waals surface area contributed by atoms with E-state index in [1.54, 1.807) is 72.5 Å². The largest absolute Gasteiger partial charge is 0.462 e. The molecule has 0 saturated carbocycles.